The summed E-state index contributed by atoms with van der Waals surface area (Å²) in [6, 6.07) is 21.2. The highest BCUT2D eigenvalue weighted by atomic mass is 31.1. The summed E-state index contributed by atoms with van der Waals surface area (Å²) >= 11 is 0. The Kier molecular flexibility index (Phi) is 21.0. The fourth-order valence-corrected chi connectivity index (χ4v) is 15.8. The smallest absolute Gasteiger partial charge is 0.194 e. The largest absolute Gasteiger partial charge is 0.460 e. The van der Waals surface area contributed by atoms with Gasteiger partial charge in [0.25, 0.3) is 0 Å². The van der Waals surface area contributed by atoms with Crippen LogP contribution >= 0.6 is 15.8 Å². The van der Waals surface area contributed by atoms with E-state index in [1.807, 2.05) is 0 Å². The van der Waals surface area contributed by atoms with Gasteiger partial charge in [-0.15, -0.1) is 0 Å². The van der Waals surface area contributed by atoms with E-state index < -0.39 is 223 Å². The molecular weight excluding hydrogens is 1630 g/mol. The number of fused-ring (bicyclic) bond motifs is 2. The second-order valence-electron chi connectivity index (χ2n) is 23.1. The van der Waals surface area contributed by atoms with Crippen molar-refractivity contribution >= 4 is 69.2 Å². The van der Waals surface area contributed by atoms with E-state index in [0.29, 0.717) is 36.4 Å². The Bertz CT molecular complexity index is 4220. The minimum absolute atomic E-state index is 0.0136. The highest BCUT2D eigenvalue weighted by molar-refractivity contribution is 7.81. The molecule has 0 fully saturated rings. The Labute approximate surface area is 575 Å². The maximum atomic E-state index is 17.6. The van der Waals surface area contributed by atoms with Gasteiger partial charge in [-0.3, -0.25) is 0 Å². The zero-order valence-corrected chi connectivity index (χ0v) is 52.9. The molecule has 0 aliphatic heterocycles. The van der Waals surface area contributed by atoms with Crippen LogP contribution in [0.3, 0.4) is 0 Å². The minimum atomic E-state index is -9.68. The molecule has 8 aromatic rings. The van der Waals surface area contributed by atoms with E-state index in [9.17, 15) is 96.6 Å². The summed E-state index contributed by atoms with van der Waals surface area (Å²) in [6.45, 7) is 0. The molecule has 0 saturated heterocycles. The summed E-state index contributed by atoms with van der Waals surface area (Å²) < 4.78 is 633. The molecule has 108 heavy (non-hydrogen) atoms. The van der Waals surface area contributed by atoms with Crippen LogP contribution in [0.5, 0.6) is 0 Å². The average molecular weight is 1660 g/mol. The Hall–Kier alpha value is -7.80. The molecule has 0 saturated carbocycles. The molecule has 0 aromatic heterocycles. The van der Waals surface area contributed by atoms with Gasteiger partial charge in [0.05, 0.1) is 0 Å². The molecule has 0 atom stereocenters. The fourth-order valence-electron chi connectivity index (χ4n) is 10.7. The SMILES string of the molecule is FC(F)(F)C(F)(F)C(F)(F)C(F)(F)C(F)(F)C(F)(F)C(F)(F)C(F)(F)C(F)(F)C(F)(F)c1cc(P(c2ccccc2)c2ccccc2)c(-c2c(P(c3ccccc3)c3ccccc3)cc(C(F)(F)C(F)(F)C(F)(F)C(F)(F)C(F)(F)C(F)(F)C(F)(F)C(F)(F)C(F)(F)C(F)(F)F)c3ccccc23)c2ccccc12. The van der Waals surface area contributed by atoms with E-state index in [1.165, 1.54) is 0 Å². The lowest BCUT2D eigenvalue weighted by Gasteiger charge is -2.44. The van der Waals surface area contributed by atoms with Crippen molar-refractivity contribution < 1.29 is 184 Å². The Balaban J connectivity index is 1.53. The first-order chi connectivity index (χ1) is 48.6. The molecular formula is C64H30F42P2. The first-order valence-electron chi connectivity index (χ1n) is 28.5. The van der Waals surface area contributed by atoms with Gasteiger partial charge >= 0.3 is 119 Å². The molecule has 0 bridgehead atoms. The van der Waals surface area contributed by atoms with Crippen LogP contribution in [0.2, 0.25) is 0 Å². The lowest BCUT2D eigenvalue weighted by atomic mass is 9.82. The summed E-state index contributed by atoms with van der Waals surface area (Å²) in [4.78, 5) is 0. The van der Waals surface area contributed by atoms with Crippen molar-refractivity contribution in [1.29, 1.82) is 0 Å². The third kappa shape index (κ3) is 11.8. The van der Waals surface area contributed by atoms with E-state index in [2.05, 4.69) is 0 Å². The zero-order valence-electron chi connectivity index (χ0n) is 51.1. The number of benzene rings is 8. The summed E-state index contributed by atoms with van der Waals surface area (Å²) in [6.07, 6.45) is -16.6. The number of hydrogen-bond donors (Lipinski definition) is 0. The van der Waals surface area contributed by atoms with Crippen molar-refractivity contribution in [3.63, 3.8) is 0 Å². The average Bonchev–Trinajstić information content (AvgIpc) is 0.690. The van der Waals surface area contributed by atoms with E-state index in [1.54, 1.807) is 0 Å². The molecule has 590 valence electrons. The van der Waals surface area contributed by atoms with Crippen LogP contribution in [-0.4, -0.2) is 107 Å². The monoisotopic (exact) mass is 1660 g/mol. The quantitative estimate of drug-likeness (QED) is 0.0395. The number of hydrogen-bond acceptors (Lipinski definition) is 0. The molecule has 0 nitrogen and oxygen atoms in total. The van der Waals surface area contributed by atoms with E-state index >= 15 is 87.8 Å². The lowest BCUT2D eigenvalue weighted by molar-refractivity contribution is -0.474. The van der Waals surface area contributed by atoms with Crippen molar-refractivity contribution in [2.45, 2.75) is 119 Å². The normalized spacial score (nSPS) is 15.1. The van der Waals surface area contributed by atoms with Gasteiger partial charge < -0.3 is 0 Å². The van der Waals surface area contributed by atoms with Gasteiger partial charge in [0.2, 0.25) is 0 Å². The van der Waals surface area contributed by atoms with E-state index in [4.69, 9.17) is 0 Å². The molecule has 0 unspecified atom stereocenters. The van der Waals surface area contributed by atoms with Gasteiger partial charge in [-0.2, -0.15) is 184 Å². The number of halogens is 42. The molecule has 0 heterocycles. The zero-order chi connectivity index (χ0) is 82.5. The molecule has 0 radical (unpaired) electrons. The van der Waals surface area contributed by atoms with Crippen molar-refractivity contribution in [3.05, 3.63) is 193 Å². The van der Waals surface area contributed by atoms with Crippen LogP contribution in [0.15, 0.2) is 182 Å². The first-order valence-corrected chi connectivity index (χ1v) is 31.2. The van der Waals surface area contributed by atoms with Gasteiger partial charge in [-0.1, -0.05) is 170 Å². The first kappa shape index (κ1) is 85.8. The Morgan fingerprint density at radius 3 is 0.509 bits per heavy atom. The van der Waals surface area contributed by atoms with Crippen LogP contribution in [0, 0.1) is 0 Å². The molecule has 0 amide bonds. The summed E-state index contributed by atoms with van der Waals surface area (Å²) in [7, 11) is -6.83. The maximum Gasteiger partial charge on any atom is 0.460 e. The Morgan fingerprint density at radius 1 is 0.167 bits per heavy atom. The molecule has 44 heteroatoms. The summed E-state index contributed by atoms with van der Waals surface area (Å²) in [5.74, 6) is -165. The van der Waals surface area contributed by atoms with Gasteiger partial charge in [0.1, 0.15) is 0 Å². The van der Waals surface area contributed by atoms with Gasteiger partial charge in [-0.25, -0.2) is 0 Å². The fraction of sp³-hybridized carbons (Fsp3) is 0.312. The minimum Gasteiger partial charge on any atom is -0.194 e. The number of alkyl halides is 42. The topological polar surface area (TPSA) is 0 Å². The molecule has 8 rings (SSSR count). The lowest BCUT2D eigenvalue weighted by Crippen LogP contribution is -2.76. The summed E-state index contributed by atoms with van der Waals surface area (Å²) in [5, 5.41) is -11.5. The van der Waals surface area contributed by atoms with Crippen LogP contribution in [0.4, 0.5) is 184 Å². The van der Waals surface area contributed by atoms with E-state index in [0.717, 1.165) is 121 Å². The van der Waals surface area contributed by atoms with Crippen molar-refractivity contribution in [2.24, 2.45) is 0 Å². The second kappa shape index (κ2) is 26.4. The third-order valence-corrected chi connectivity index (χ3v) is 21.5. The maximum absolute atomic E-state index is 17.6. The molecule has 0 aliphatic rings. The van der Waals surface area contributed by atoms with Gasteiger partial charge in [-0.05, 0) is 92.5 Å². The molecule has 8 aromatic carbocycles. The highest BCUT2D eigenvalue weighted by Crippen LogP contribution is 2.71. The highest BCUT2D eigenvalue weighted by Gasteiger charge is 3.00. The Morgan fingerprint density at radius 2 is 0.324 bits per heavy atom. The van der Waals surface area contributed by atoms with Crippen LogP contribution < -0.4 is 31.8 Å². The van der Waals surface area contributed by atoms with Crippen LogP contribution in [-0.2, 0) is 11.8 Å². The van der Waals surface area contributed by atoms with Crippen molar-refractivity contribution in [3.8, 4) is 11.1 Å². The van der Waals surface area contributed by atoms with Gasteiger partial charge in [0, 0.05) is 11.1 Å². The predicted octanol–water partition coefficient (Wildman–Crippen LogP) is 22.6. The van der Waals surface area contributed by atoms with Crippen molar-refractivity contribution in [2.75, 3.05) is 0 Å². The molecule has 0 aliphatic carbocycles. The number of rotatable bonds is 25. The third-order valence-electron chi connectivity index (χ3n) is 16.5. The van der Waals surface area contributed by atoms with Gasteiger partial charge in [0.15, 0.2) is 0 Å². The second-order valence-corrected chi connectivity index (χ2v) is 27.4. The molecule has 0 N–H and O–H groups in total. The van der Waals surface area contributed by atoms with Crippen LogP contribution in [0.1, 0.15) is 11.1 Å². The predicted molar refractivity (Wildman–Crippen MR) is 303 cm³/mol. The summed E-state index contributed by atoms with van der Waals surface area (Å²) in [5.41, 5.74) is -8.57. The molecule has 0 spiro atoms. The van der Waals surface area contributed by atoms with Crippen LogP contribution in [0.25, 0.3) is 32.7 Å². The standard InChI is InChI=1S/C64H30F42P2/c65-45(66,47(69,70)49(73,74)51(77,78)53(81,82)55(85,86)57(89,90)59(93,94)61(97,98)63(101,102)103)39-29-41(107(31-17-5-1-6-18-31)32-19-7-2-8-20-32)43(37-27-15-13-25-35(37)39)44-38-28-16-14-26-36(38)40(30-42(44)108(33-21-9-3-10-22-33)34-23-11-4-12-24-34)46(67,68)48(71,72)50(75,76)52(79,80)54(83,84)56(87,88)58(91,92)60(95,96)62(99,100)64(104,105)106/h1-30H. The van der Waals surface area contributed by atoms with E-state index in [-0.39, 0.29) is 12.1 Å². The van der Waals surface area contributed by atoms with Crippen molar-refractivity contribution in [1.82, 2.24) is 0 Å².